The SMILES string of the molecule is COc1ccc(Cl)cc1C(=O)N1CCC[C@H]1C(=O)Nn1cnc2ccccc21. The van der Waals surface area contributed by atoms with E-state index in [-0.39, 0.29) is 11.8 Å². The molecule has 144 valence electrons. The van der Waals surface area contributed by atoms with Crippen molar-refractivity contribution in [2.24, 2.45) is 0 Å². The second kappa shape index (κ2) is 7.52. The number of benzene rings is 2. The van der Waals surface area contributed by atoms with Crippen LogP contribution in [0, 0.1) is 0 Å². The smallest absolute Gasteiger partial charge is 0.261 e. The highest BCUT2D eigenvalue weighted by Crippen LogP contribution is 2.28. The van der Waals surface area contributed by atoms with Gasteiger partial charge in [-0.3, -0.25) is 15.0 Å². The number of carbonyl (C=O) groups excluding carboxylic acids is 2. The van der Waals surface area contributed by atoms with E-state index in [2.05, 4.69) is 10.4 Å². The van der Waals surface area contributed by atoms with E-state index in [0.29, 0.717) is 29.3 Å². The molecule has 0 spiro atoms. The molecule has 1 aliphatic heterocycles. The summed E-state index contributed by atoms with van der Waals surface area (Å²) in [5.41, 5.74) is 4.77. The summed E-state index contributed by atoms with van der Waals surface area (Å²) in [5, 5.41) is 0.439. The molecule has 1 fully saturated rings. The van der Waals surface area contributed by atoms with E-state index in [4.69, 9.17) is 16.3 Å². The van der Waals surface area contributed by atoms with Crippen molar-refractivity contribution in [3.05, 3.63) is 59.4 Å². The van der Waals surface area contributed by atoms with Crippen LogP contribution >= 0.6 is 11.6 Å². The van der Waals surface area contributed by atoms with Crippen LogP contribution in [0.1, 0.15) is 23.2 Å². The molecule has 1 N–H and O–H groups in total. The number of halogens is 1. The molecule has 7 nitrogen and oxygen atoms in total. The molecule has 0 radical (unpaired) electrons. The number of rotatable bonds is 4. The predicted octanol–water partition coefficient (Wildman–Crippen LogP) is 3.07. The molecule has 0 aliphatic carbocycles. The highest BCUT2D eigenvalue weighted by atomic mass is 35.5. The standard InChI is InChI=1S/C20H19ClN4O3/c1-28-18-9-8-13(21)11-14(18)20(27)24-10-4-7-17(24)19(26)23-25-12-22-15-5-2-3-6-16(15)25/h2-3,5-6,8-9,11-12,17H,4,7,10H2,1H3,(H,23,26)/t17-/m0/s1. The van der Waals surface area contributed by atoms with Crippen LogP contribution in [-0.4, -0.2) is 46.1 Å². The maximum atomic E-state index is 13.1. The summed E-state index contributed by atoms with van der Waals surface area (Å²) >= 11 is 6.06. The van der Waals surface area contributed by atoms with Gasteiger partial charge in [-0.25, -0.2) is 9.66 Å². The van der Waals surface area contributed by atoms with E-state index >= 15 is 0 Å². The molecule has 0 bridgehead atoms. The number of nitrogens with zero attached hydrogens (tertiary/aromatic N) is 3. The fourth-order valence-corrected chi connectivity index (χ4v) is 3.70. The van der Waals surface area contributed by atoms with Gasteiger partial charge >= 0.3 is 0 Å². The molecule has 1 saturated heterocycles. The molecular weight excluding hydrogens is 380 g/mol. The third-order valence-electron chi connectivity index (χ3n) is 4.89. The van der Waals surface area contributed by atoms with Crippen LogP contribution in [0.2, 0.25) is 5.02 Å². The first-order valence-electron chi connectivity index (χ1n) is 8.96. The van der Waals surface area contributed by atoms with Gasteiger partial charge in [0, 0.05) is 11.6 Å². The lowest BCUT2D eigenvalue weighted by Gasteiger charge is -2.25. The molecule has 1 aromatic heterocycles. The van der Waals surface area contributed by atoms with Gasteiger partial charge < -0.3 is 9.64 Å². The van der Waals surface area contributed by atoms with Crippen LogP contribution in [-0.2, 0) is 4.79 Å². The van der Waals surface area contributed by atoms with Gasteiger partial charge in [-0.15, -0.1) is 0 Å². The first-order valence-corrected chi connectivity index (χ1v) is 9.34. The lowest BCUT2D eigenvalue weighted by molar-refractivity contribution is -0.120. The fraction of sp³-hybridized carbons (Fsp3) is 0.250. The zero-order valence-electron chi connectivity index (χ0n) is 15.3. The van der Waals surface area contributed by atoms with E-state index in [1.54, 1.807) is 34.1 Å². The van der Waals surface area contributed by atoms with Crippen LogP contribution in [0.15, 0.2) is 48.8 Å². The zero-order valence-corrected chi connectivity index (χ0v) is 16.0. The fourth-order valence-electron chi connectivity index (χ4n) is 3.53. The van der Waals surface area contributed by atoms with Crippen molar-refractivity contribution >= 4 is 34.4 Å². The van der Waals surface area contributed by atoms with E-state index in [1.807, 2.05) is 24.3 Å². The van der Waals surface area contributed by atoms with Crippen LogP contribution in [0.25, 0.3) is 11.0 Å². The quantitative estimate of drug-likeness (QED) is 0.732. The van der Waals surface area contributed by atoms with Crippen LogP contribution in [0.3, 0.4) is 0 Å². The summed E-state index contributed by atoms with van der Waals surface area (Å²) in [6.07, 6.45) is 2.90. The van der Waals surface area contributed by atoms with Gasteiger partial charge in [0.1, 0.15) is 18.1 Å². The molecule has 3 aromatic rings. The summed E-state index contributed by atoms with van der Waals surface area (Å²) < 4.78 is 6.87. The number of amides is 2. The van der Waals surface area contributed by atoms with Gasteiger partial charge in [0.25, 0.3) is 11.8 Å². The molecule has 2 amide bonds. The highest BCUT2D eigenvalue weighted by Gasteiger charge is 2.36. The third kappa shape index (κ3) is 3.29. The average Bonchev–Trinajstić information content (AvgIpc) is 3.35. The number of likely N-dealkylation sites (tertiary alicyclic amines) is 1. The Morgan fingerprint density at radius 3 is 2.89 bits per heavy atom. The van der Waals surface area contributed by atoms with E-state index in [1.165, 1.54) is 7.11 Å². The Kier molecular flexibility index (Phi) is 4.92. The molecular formula is C20H19ClN4O3. The van der Waals surface area contributed by atoms with E-state index in [9.17, 15) is 9.59 Å². The van der Waals surface area contributed by atoms with Crippen molar-refractivity contribution in [1.29, 1.82) is 0 Å². The van der Waals surface area contributed by atoms with Crippen molar-refractivity contribution in [1.82, 2.24) is 14.6 Å². The second-order valence-electron chi connectivity index (χ2n) is 6.58. The summed E-state index contributed by atoms with van der Waals surface area (Å²) in [6, 6.07) is 11.8. The van der Waals surface area contributed by atoms with Crippen molar-refractivity contribution in [3.63, 3.8) is 0 Å². The number of carbonyl (C=O) groups is 2. The number of hydrogen-bond acceptors (Lipinski definition) is 4. The molecule has 28 heavy (non-hydrogen) atoms. The van der Waals surface area contributed by atoms with Crippen molar-refractivity contribution in [3.8, 4) is 5.75 Å². The largest absolute Gasteiger partial charge is 0.496 e. The lowest BCUT2D eigenvalue weighted by Crippen LogP contribution is -2.45. The minimum Gasteiger partial charge on any atom is -0.496 e. The number of para-hydroxylation sites is 2. The number of fused-ring (bicyclic) bond motifs is 1. The average molecular weight is 399 g/mol. The molecule has 8 heteroatoms. The first kappa shape index (κ1) is 18.3. The molecule has 4 rings (SSSR count). The second-order valence-corrected chi connectivity index (χ2v) is 7.02. The van der Waals surface area contributed by atoms with Crippen molar-refractivity contribution in [2.75, 3.05) is 19.1 Å². The predicted molar refractivity (Wildman–Crippen MR) is 106 cm³/mol. The van der Waals surface area contributed by atoms with Crippen LogP contribution in [0.5, 0.6) is 5.75 Å². The Labute approximate surface area is 166 Å². The van der Waals surface area contributed by atoms with Crippen molar-refractivity contribution in [2.45, 2.75) is 18.9 Å². The summed E-state index contributed by atoms with van der Waals surface area (Å²) in [7, 11) is 1.50. The number of imidazole rings is 1. The maximum absolute atomic E-state index is 13.1. The highest BCUT2D eigenvalue weighted by molar-refractivity contribution is 6.31. The number of hydrogen-bond donors (Lipinski definition) is 1. The summed E-state index contributed by atoms with van der Waals surface area (Å²) in [6.45, 7) is 0.497. The van der Waals surface area contributed by atoms with Gasteiger partial charge in [-0.2, -0.15) is 0 Å². The van der Waals surface area contributed by atoms with E-state index < -0.39 is 6.04 Å². The molecule has 0 saturated carbocycles. The van der Waals surface area contributed by atoms with E-state index in [0.717, 1.165) is 17.5 Å². The molecule has 2 heterocycles. The third-order valence-corrected chi connectivity index (χ3v) is 5.13. The number of ether oxygens (including phenoxy) is 1. The Bertz CT molecular complexity index is 1050. The molecule has 2 aromatic carbocycles. The monoisotopic (exact) mass is 398 g/mol. The van der Waals surface area contributed by atoms with Gasteiger partial charge in [-0.05, 0) is 43.2 Å². The minimum atomic E-state index is -0.572. The van der Waals surface area contributed by atoms with Crippen LogP contribution < -0.4 is 10.2 Å². The minimum absolute atomic E-state index is 0.255. The molecule has 1 aliphatic rings. The number of aromatic nitrogens is 2. The first-order chi connectivity index (χ1) is 13.6. The Hall–Kier alpha value is -3.06. The Morgan fingerprint density at radius 1 is 1.25 bits per heavy atom. The maximum Gasteiger partial charge on any atom is 0.261 e. The summed E-state index contributed by atoms with van der Waals surface area (Å²) in [5.74, 6) is -0.0939. The van der Waals surface area contributed by atoms with Crippen molar-refractivity contribution < 1.29 is 14.3 Å². The molecule has 1 atom stereocenters. The Balaban J connectivity index is 1.57. The van der Waals surface area contributed by atoms with Gasteiger partial charge in [-0.1, -0.05) is 23.7 Å². The zero-order chi connectivity index (χ0) is 19.7. The van der Waals surface area contributed by atoms with Crippen LogP contribution in [0.4, 0.5) is 0 Å². The normalized spacial score (nSPS) is 16.4. The summed E-state index contributed by atoms with van der Waals surface area (Å²) in [4.78, 5) is 31.9. The van der Waals surface area contributed by atoms with Gasteiger partial charge in [0.2, 0.25) is 0 Å². The molecule has 0 unspecified atom stereocenters. The number of methoxy groups -OCH3 is 1. The topological polar surface area (TPSA) is 76.5 Å². The Morgan fingerprint density at radius 2 is 2.07 bits per heavy atom. The van der Waals surface area contributed by atoms with Gasteiger partial charge in [0.05, 0.1) is 23.7 Å². The number of nitrogens with one attached hydrogen (secondary N) is 1. The van der Waals surface area contributed by atoms with Gasteiger partial charge in [0.15, 0.2) is 0 Å². The lowest BCUT2D eigenvalue weighted by atomic mass is 10.1.